The maximum Gasteiger partial charge on any atom is 0.251 e. The zero-order valence-electron chi connectivity index (χ0n) is 13.7. The average molecular weight is 341 g/mol. The van der Waals surface area contributed by atoms with Crippen LogP contribution in [0.2, 0.25) is 0 Å². The first-order valence-electron chi connectivity index (χ1n) is 8.28. The van der Waals surface area contributed by atoms with Gasteiger partial charge < -0.3 is 15.5 Å². The second kappa shape index (κ2) is 7.79. The number of carbonyl (C=O) groups is 2. The average Bonchev–Trinajstić information content (AvgIpc) is 2.63. The summed E-state index contributed by atoms with van der Waals surface area (Å²) in [5.74, 6) is -0.411. The van der Waals surface area contributed by atoms with Crippen LogP contribution in [0, 0.1) is 5.82 Å². The molecule has 5 nitrogen and oxygen atoms in total. The lowest BCUT2D eigenvalue weighted by Gasteiger charge is -2.35. The molecule has 2 amide bonds. The molecular weight excluding hydrogens is 321 g/mol. The Morgan fingerprint density at radius 1 is 1.16 bits per heavy atom. The maximum absolute atomic E-state index is 14.0. The van der Waals surface area contributed by atoms with Crippen molar-refractivity contribution in [3.05, 3.63) is 59.9 Å². The van der Waals surface area contributed by atoms with Crippen LogP contribution in [0.15, 0.2) is 48.5 Å². The van der Waals surface area contributed by atoms with E-state index < -0.39 is 0 Å². The second-order valence-corrected chi connectivity index (χ2v) is 6.05. The molecule has 0 aliphatic carbocycles. The number of halogens is 1. The number of rotatable bonds is 5. The molecule has 3 rings (SSSR count). The first-order valence-corrected chi connectivity index (χ1v) is 8.28. The molecule has 130 valence electrons. The highest BCUT2D eigenvalue weighted by atomic mass is 19.1. The summed E-state index contributed by atoms with van der Waals surface area (Å²) in [6, 6.07) is 13.3. The molecule has 2 aromatic rings. The van der Waals surface area contributed by atoms with Gasteiger partial charge in [0.25, 0.3) is 5.91 Å². The molecule has 1 fully saturated rings. The fourth-order valence-corrected chi connectivity index (χ4v) is 3.08. The van der Waals surface area contributed by atoms with Crippen molar-refractivity contribution in [3.63, 3.8) is 0 Å². The smallest absolute Gasteiger partial charge is 0.251 e. The Morgan fingerprint density at radius 2 is 1.92 bits per heavy atom. The van der Waals surface area contributed by atoms with Gasteiger partial charge in [0, 0.05) is 30.4 Å². The van der Waals surface area contributed by atoms with Crippen molar-refractivity contribution in [2.24, 2.45) is 0 Å². The standard InChI is InChI=1S/C19H20FN3O2/c20-17-5-1-2-6-18(17)23-11-3-4-16(12-23)22-19(25)14-7-9-15(10-8-14)21-13-24/h1-2,5-10,13,16H,3-4,11-12H2,(H,21,24)(H,22,25). The first kappa shape index (κ1) is 17.0. The molecule has 25 heavy (non-hydrogen) atoms. The van der Waals surface area contributed by atoms with Crippen LogP contribution in [0.4, 0.5) is 15.8 Å². The number of anilines is 2. The molecule has 1 unspecified atom stereocenters. The van der Waals surface area contributed by atoms with Crippen molar-refractivity contribution in [3.8, 4) is 0 Å². The number of benzene rings is 2. The molecule has 0 aromatic heterocycles. The summed E-state index contributed by atoms with van der Waals surface area (Å²) >= 11 is 0. The number of hydrogen-bond acceptors (Lipinski definition) is 3. The minimum Gasteiger partial charge on any atom is -0.367 e. The predicted molar refractivity (Wildman–Crippen MR) is 95.2 cm³/mol. The zero-order chi connectivity index (χ0) is 17.6. The molecule has 1 aliphatic rings. The Morgan fingerprint density at radius 3 is 2.64 bits per heavy atom. The van der Waals surface area contributed by atoms with E-state index in [1.807, 2.05) is 11.0 Å². The normalized spacial score (nSPS) is 17.0. The molecule has 2 N–H and O–H groups in total. The van der Waals surface area contributed by atoms with Gasteiger partial charge in [-0.3, -0.25) is 9.59 Å². The van der Waals surface area contributed by atoms with Crippen molar-refractivity contribution >= 4 is 23.7 Å². The Hall–Kier alpha value is -2.89. The summed E-state index contributed by atoms with van der Waals surface area (Å²) in [4.78, 5) is 24.8. The van der Waals surface area contributed by atoms with E-state index in [1.54, 1.807) is 36.4 Å². The minimum absolute atomic E-state index is 0.0337. The van der Waals surface area contributed by atoms with Crippen LogP contribution < -0.4 is 15.5 Å². The van der Waals surface area contributed by atoms with Crippen LogP contribution in [-0.4, -0.2) is 31.4 Å². The monoisotopic (exact) mass is 341 g/mol. The number of amides is 2. The topological polar surface area (TPSA) is 61.4 Å². The Balaban J connectivity index is 1.63. The van der Waals surface area contributed by atoms with Gasteiger partial charge in [-0.25, -0.2) is 4.39 Å². The second-order valence-electron chi connectivity index (χ2n) is 6.05. The summed E-state index contributed by atoms with van der Waals surface area (Å²) in [6.45, 7) is 1.36. The summed E-state index contributed by atoms with van der Waals surface area (Å²) in [5, 5.41) is 5.54. The van der Waals surface area contributed by atoms with E-state index in [-0.39, 0.29) is 17.8 Å². The maximum atomic E-state index is 14.0. The van der Waals surface area contributed by atoms with Crippen molar-refractivity contribution in [2.75, 3.05) is 23.3 Å². The van der Waals surface area contributed by atoms with E-state index in [4.69, 9.17) is 0 Å². The number of hydrogen-bond donors (Lipinski definition) is 2. The summed E-state index contributed by atoms with van der Waals surface area (Å²) in [7, 11) is 0. The van der Waals surface area contributed by atoms with Crippen LogP contribution in [-0.2, 0) is 4.79 Å². The Labute approximate surface area is 145 Å². The third-order valence-electron chi connectivity index (χ3n) is 4.32. The van der Waals surface area contributed by atoms with Gasteiger partial charge in [0.05, 0.1) is 5.69 Å². The largest absolute Gasteiger partial charge is 0.367 e. The lowest BCUT2D eigenvalue weighted by Crippen LogP contribution is -2.48. The van der Waals surface area contributed by atoms with Gasteiger partial charge in [-0.05, 0) is 49.2 Å². The quantitative estimate of drug-likeness (QED) is 0.822. The van der Waals surface area contributed by atoms with Crippen molar-refractivity contribution in [1.82, 2.24) is 5.32 Å². The molecule has 1 atom stereocenters. The van der Waals surface area contributed by atoms with Crippen LogP contribution >= 0.6 is 0 Å². The van der Waals surface area contributed by atoms with Gasteiger partial charge in [-0.15, -0.1) is 0 Å². The highest BCUT2D eigenvalue weighted by Gasteiger charge is 2.23. The molecule has 1 aliphatic heterocycles. The summed E-state index contributed by atoms with van der Waals surface area (Å²) < 4.78 is 14.0. The van der Waals surface area contributed by atoms with Crippen LogP contribution in [0.5, 0.6) is 0 Å². The molecule has 2 aromatic carbocycles. The molecule has 0 spiro atoms. The van der Waals surface area contributed by atoms with Crippen molar-refractivity contribution in [2.45, 2.75) is 18.9 Å². The van der Waals surface area contributed by atoms with E-state index in [9.17, 15) is 14.0 Å². The Bertz CT molecular complexity index is 749. The van der Waals surface area contributed by atoms with Crippen molar-refractivity contribution < 1.29 is 14.0 Å². The molecule has 1 heterocycles. The molecule has 0 saturated carbocycles. The van der Waals surface area contributed by atoms with Gasteiger partial charge in [-0.1, -0.05) is 12.1 Å². The van der Waals surface area contributed by atoms with Gasteiger partial charge in [0.15, 0.2) is 0 Å². The van der Waals surface area contributed by atoms with E-state index in [1.165, 1.54) is 6.07 Å². The third-order valence-corrected chi connectivity index (χ3v) is 4.32. The number of nitrogens with one attached hydrogen (secondary N) is 2. The third kappa shape index (κ3) is 4.15. The minimum atomic E-state index is -0.243. The number of para-hydroxylation sites is 1. The highest BCUT2D eigenvalue weighted by Crippen LogP contribution is 2.23. The lowest BCUT2D eigenvalue weighted by molar-refractivity contribution is -0.105. The molecule has 6 heteroatoms. The summed E-state index contributed by atoms with van der Waals surface area (Å²) in [5.41, 5.74) is 1.74. The van der Waals surface area contributed by atoms with Gasteiger partial charge in [0.1, 0.15) is 5.82 Å². The molecule has 1 saturated heterocycles. The predicted octanol–water partition coefficient (Wildman–Crippen LogP) is 2.79. The van der Waals surface area contributed by atoms with E-state index >= 15 is 0 Å². The van der Waals surface area contributed by atoms with Crippen molar-refractivity contribution in [1.29, 1.82) is 0 Å². The van der Waals surface area contributed by atoms with Gasteiger partial charge in [0.2, 0.25) is 6.41 Å². The van der Waals surface area contributed by atoms with Crippen LogP contribution in [0.3, 0.4) is 0 Å². The molecule has 0 radical (unpaired) electrons. The fourth-order valence-electron chi connectivity index (χ4n) is 3.08. The molecular formula is C19H20FN3O2. The first-order chi connectivity index (χ1) is 12.2. The van der Waals surface area contributed by atoms with Crippen LogP contribution in [0.1, 0.15) is 23.2 Å². The number of piperidine rings is 1. The van der Waals surface area contributed by atoms with Gasteiger partial charge >= 0.3 is 0 Å². The van der Waals surface area contributed by atoms with E-state index in [2.05, 4.69) is 10.6 Å². The van der Waals surface area contributed by atoms with E-state index in [0.29, 0.717) is 29.9 Å². The number of carbonyl (C=O) groups excluding carboxylic acids is 2. The number of nitrogens with zero attached hydrogens (tertiary/aromatic N) is 1. The van der Waals surface area contributed by atoms with Gasteiger partial charge in [-0.2, -0.15) is 0 Å². The lowest BCUT2D eigenvalue weighted by atomic mass is 10.0. The highest BCUT2D eigenvalue weighted by molar-refractivity contribution is 5.95. The SMILES string of the molecule is O=CNc1ccc(C(=O)NC2CCCN(c3ccccc3F)C2)cc1. The van der Waals surface area contributed by atoms with Crippen LogP contribution in [0.25, 0.3) is 0 Å². The zero-order valence-corrected chi connectivity index (χ0v) is 13.7. The Kier molecular flexibility index (Phi) is 5.28. The van der Waals surface area contributed by atoms with E-state index in [0.717, 1.165) is 19.4 Å². The molecule has 0 bridgehead atoms. The summed E-state index contributed by atoms with van der Waals surface area (Å²) in [6.07, 6.45) is 2.34. The fraction of sp³-hybridized carbons (Fsp3) is 0.263.